The largest absolute Gasteiger partial charge is 0.399 e. The molecule has 0 aliphatic rings. The van der Waals surface area contributed by atoms with Gasteiger partial charge in [-0.05, 0) is 29.8 Å². The van der Waals surface area contributed by atoms with Crippen molar-refractivity contribution in [3.63, 3.8) is 0 Å². The Morgan fingerprint density at radius 2 is 1.53 bits per heavy atom. The monoisotopic (exact) mass is 261 g/mol. The van der Waals surface area contributed by atoms with Gasteiger partial charge in [-0.3, -0.25) is 4.79 Å². The van der Waals surface area contributed by atoms with Crippen molar-refractivity contribution >= 4 is 11.5 Å². The molecule has 0 saturated carbocycles. The molecule has 0 atom stereocenters. The zero-order chi connectivity index (χ0) is 13.8. The van der Waals surface area contributed by atoms with E-state index >= 15 is 0 Å². The molecule has 0 spiro atoms. The van der Waals surface area contributed by atoms with Gasteiger partial charge in [-0.2, -0.15) is 0 Å². The number of hydrogen-bond donors (Lipinski definition) is 1. The summed E-state index contributed by atoms with van der Waals surface area (Å²) in [6.45, 7) is 0. The van der Waals surface area contributed by atoms with E-state index in [-0.39, 0.29) is 24.2 Å². The number of benzene rings is 2. The van der Waals surface area contributed by atoms with Gasteiger partial charge < -0.3 is 5.73 Å². The summed E-state index contributed by atoms with van der Waals surface area (Å²) in [4.78, 5) is 11.8. The SMILES string of the molecule is Nc1ccc(CC(=O)Cc2c(F)cccc2F)cc1. The maximum Gasteiger partial charge on any atom is 0.141 e. The number of halogens is 2. The number of Topliss-reactive ketones (excluding diaryl/α,β-unsaturated/α-hetero) is 1. The molecule has 0 bridgehead atoms. The molecule has 0 aliphatic heterocycles. The van der Waals surface area contributed by atoms with Crippen LogP contribution in [0.15, 0.2) is 42.5 Å². The maximum atomic E-state index is 13.4. The molecule has 2 nitrogen and oxygen atoms in total. The molecule has 0 saturated heterocycles. The molecular formula is C15H13F2NO. The molecule has 0 aliphatic carbocycles. The van der Waals surface area contributed by atoms with Crippen LogP contribution in [0.1, 0.15) is 11.1 Å². The maximum absolute atomic E-state index is 13.4. The molecule has 2 aromatic carbocycles. The molecule has 19 heavy (non-hydrogen) atoms. The van der Waals surface area contributed by atoms with Crippen LogP contribution >= 0.6 is 0 Å². The molecule has 0 fully saturated rings. The molecule has 0 heterocycles. The lowest BCUT2D eigenvalue weighted by Gasteiger charge is -2.05. The Hall–Kier alpha value is -2.23. The van der Waals surface area contributed by atoms with Crippen molar-refractivity contribution in [3.05, 3.63) is 65.2 Å². The van der Waals surface area contributed by atoms with E-state index in [0.29, 0.717) is 5.69 Å². The van der Waals surface area contributed by atoms with Crippen LogP contribution in [0.25, 0.3) is 0 Å². The van der Waals surface area contributed by atoms with Gasteiger partial charge in [0.25, 0.3) is 0 Å². The molecule has 2 N–H and O–H groups in total. The molecule has 0 unspecified atom stereocenters. The third-order valence-corrected chi connectivity index (χ3v) is 2.82. The van der Waals surface area contributed by atoms with Crippen molar-refractivity contribution in [2.45, 2.75) is 12.8 Å². The number of hydrogen-bond acceptors (Lipinski definition) is 2. The third-order valence-electron chi connectivity index (χ3n) is 2.82. The van der Waals surface area contributed by atoms with Crippen molar-refractivity contribution in [2.24, 2.45) is 0 Å². The molecule has 98 valence electrons. The van der Waals surface area contributed by atoms with Crippen LogP contribution in [0.3, 0.4) is 0 Å². The quantitative estimate of drug-likeness (QED) is 0.860. The third kappa shape index (κ3) is 3.37. The lowest BCUT2D eigenvalue weighted by Crippen LogP contribution is -2.09. The van der Waals surface area contributed by atoms with Crippen molar-refractivity contribution in [1.82, 2.24) is 0 Å². The highest BCUT2D eigenvalue weighted by Gasteiger charge is 2.13. The number of nitrogens with two attached hydrogens (primary N) is 1. The second-order valence-electron chi connectivity index (χ2n) is 4.33. The molecule has 2 aromatic rings. The van der Waals surface area contributed by atoms with E-state index in [4.69, 9.17) is 5.73 Å². The summed E-state index contributed by atoms with van der Waals surface area (Å²) in [6.07, 6.45) is -0.114. The van der Waals surface area contributed by atoms with E-state index in [1.807, 2.05) is 0 Å². The summed E-state index contributed by atoms with van der Waals surface area (Å²) in [5.41, 5.74) is 6.74. The highest BCUT2D eigenvalue weighted by molar-refractivity contribution is 5.83. The second kappa shape index (κ2) is 5.61. The van der Waals surface area contributed by atoms with Crippen LogP contribution in [0.2, 0.25) is 0 Å². The van der Waals surface area contributed by atoms with Crippen LogP contribution in [0.4, 0.5) is 14.5 Å². The van der Waals surface area contributed by atoms with E-state index in [0.717, 1.165) is 17.7 Å². The summed E-state index contributed by atoms with van der Waals surface area (Å²) in [5, 5.41) is 0. The van der Waals surface area contributed by atoms with Crippen molar-refractivity contribution < 1.29 is 13.6 Å². The smallest absolute Gasteiger partial charge is 0.141 e. The minimum Gasteiger partial charge on any atom is -0.399 e. The van der Waals surface area contributed by atoms with Crippen LogP contribution in [-0.4, -0.2) is 5.78 Å². The Kier molecular flexibility index (Phi) is 3.90. The number of carbonyl (C=O) groups is 1. The van der Waals surface area contributed by atoms with Gasteiger partial charge in [-0.15, -0.1) is 0 Å². The van der Waals surface area contributed by atoms with Gasteiger partial charge in [-0.1, -0.05) is 18.2 Å². The van der Waals surface area contributed by atoms with Gasteiger partial charge in [0.1, 0.15) is 17.4 Å². The highest BCUT2D eigenvalue weighted by atomic mass is 19.1. The van der Waals surface area contributed by atoms with Crippen molar-refractivity contribution in [1.29, 1.82) is 0 Å². The fraction of sp³-hybridized carbons (Fsp3) is 0.133. The lowest BCUT2D eigenvalue weighted by molar-refractivity contribution is -0.117. The van der Waals surface area contributed by atoms with E-state index in [1.165, 1.54) is 6.07 Å². The Labute approximate surface area is 109 Å². The number of nitrogen functional groups attached to an aromatic ring is 1. The summed E-state index contributed by atoms with van der Waals surface area (Å²) in [7, 11) is 0. The van der Waals surface area contributed by atoms with Gasteiger partial charge in [0, 0.05) is 24.1 Å². The lowest BCUT2D eigenvalue weighted by atomic mass is 10.0. The van der Waals surface area contributed by atoms with Crippen LogP contribution < -0.4 is 5.73 Å². The highest BCUT2D eigenvalue weighted by Crippen LogP contribution is 2.14. The standard InChI is InChI=1S/C15H13F2NO/c16-14-2-1-3-15(17)13(14)9-12(19)8-10-4-6-11(18)7-5-10/h1-7H,8-9,18H2. The average molecular weight is 261 g/mol. The van der Waals surface area contributed by atoms with E-state index < -0.39 is 11.6 Å². The zero-order valence-electron chi connectivity index (χ0n) is 10.2. The minimum absolute atomic E-state index is 0.133. The van der Waals surface area contributed by atoms with E-state index in [2.05, 4.69) is 0 Å². The van der Waals surface area contributed by atoms with Gasteiger partial charge in [0.05, 0.1) is 0 Å². The van der Waals surface area contributed by atoms with Gasteiger partial charge >= 0.3 is 0 Å². The minimum atomic E-state index is -0.689. The van der Waals surface area contributed by atoms with Crippen molar-refractivity contribution in [2.75, 3.05) is 5.73 Å². The number of rotatable bonds is 4. The van der Waals surface area contributed by atoms with Gasteiger partial charge in [0.15, 0.2) is 0 Å². The number of carbonyl (C=O) groups excluding carboxylic acids is 1. The fourth-order valence-electron chi connectivity index (χ4n) is 1.82. The first-order chi connectivity index (χ1) is 9.06. The van der Waals surface area contributed by atoms with Crippen LogP contribution in [0, 0.1) is 11.6 Å². The fourth-order valence-corrected chi connectivity index (χ4v) is 1.82. The van der Waals surface area contributed by atoms with Gasteiger partial charge in [-0.25, -0.2) is 8.78 Å². The topological polar surface area (TPSA) is 43.1 Å². The first-order valence-electron chi connectivity index (χ1n) is 5.85. The molecule has 0 aromatic heterocycles. The number of anilines is 1. The molecule has 0 radical (unpaired) electrons. The Balaban J connectivity index is 2.07. The zero-order valence-corrected chi connectivity index (χ0v) is 10.2. The van der Waals surface area contributed by atoms with Gasteiger partial charge in [0.2, 0.25) is 0 Å². The molecule has 2 rings (SSSR count). The van der Waals surface area contributed by atoms with Crippen LogP contribution in [0.5, 0.6) is 0 Å². The molecule has 0 amide bonds. The molecular weight excluding hydrogens is 248 g/mol. The first kappa shape index (κ1) is 13.2. The average Bonchev–Trinajstić information content (AvgIpc) is 2.37. The van der Waals surface area contributed by atoms with Crippen molar-refractivity contribution in [3.8, 4) is 0 Å². The van der Waals surface area contributed by atoms with Crippen LogP contribution in [-0.2, 0) is 17.6 Å². The number of ketones is 1. The first-order valence-corrected chi connectivity index (χ1v) is 5.85. The summed E-state index contributed by atoms with van der Waals surface area (Å²) in [5.74, 6) is -1.62. The Morgan fingerprint density at radius 3 is 2.11 bits per heavy atom. The predicted molar refractivity (Wildman–Crippen MR) is 69.6 cm³/mol. The normalized spacial score (nSPS) is 10.4. The van der Waals surface area contributed by atoms with E-state index in [9.17, 15) is 13.6 Å². The molecule has 4 heteroatoms. The van der Waals surface area contributed by atoms with E-state index in [1.54, 1.807) is 24.3 Å². The Bertz CT molecular complexity index is 573. The summed E-state index contributed by atoms with van der Waals surface area (Å²) < 4.78 is 26.8. The summed E-state index contributed by atoms with van der Waals surface area (Å²) >= 11 is 0. The summed E-state index contributed by atoms with van der Waals surface area (Å²) in [6, 6.07) is 10.4. The Morgan fingerprint density at radius 1 is 0.947 bits per heavy atom. The second-order valence-corrected chi connectivity index (χ2v) is 4.33. The predicted octanol–water partition coefficient (Wildman–Crippen LogP) is 2.90.